The highest BCUT2D eigenvalue weighted by Crippen LogP contribution is 2.43. The molecule has 6 atom stereocenters. The number of anilines is 1. The summed E-state index contributed by atoms with van der Waals surface area (Å²) in [4.78, 5) is 53.3. The molecule has 4 saturated heterocycles. The van der Waals surface area contributed by atoms with Gasteiger partial charge in [0.05, 0.1) is 50.0 Å². The van der Waals surface area contributed by atoms with Crippen LogP contribution in [0.1, 0.15) is 78.5 Å². The number of hydrogen-bond donors (Lipinski definition) is 2. The minimum Gasteiger partial charge on any atom is -0.464 e. The molecule has 7 heterocycles. The molecule has 364 valence electrons. The molecule has 0 spiro atoms. The normalized spacial score (nSPS) is 27.9. The summed E-state index contributed by atoms with van der Waals surface area (Å²) in [6, 6.07) is 3.68. The summed E-state index contributed by atoms with van der Waals surface area (Å²) in [7, 11) is 1.58. The Hall–Kier alpha value is -4.27. The van der Waals surface area contributed by atoms with Gasteiger partial charge in [0.15, 0.2) is 0 Å². The third kappa shape index (κ3) is 11.0. The number of nitrogens with one attached hydrogen (secondary N) is 2. The van der Waals surface area contributed by atoms with Crippen LogP contribution in [0.3, 0.4) is 0 Å². The van der Waals surface area contributed by atoms with Crippen molar-refractivity contribution < 1.29 is 51.2 Å². The Kier molecular flexibility index (Phi) is 14.2. The summed E-state index contributed by atoms with van der Waals surface area (Å²) in [6.07, 6.45) is -2.80. The number of carbonyl (C=O) groups is 3. The Labute approximate surface area is 385 Å². The summed E-state index contributed by atoms with van der Waals surface area (Å²) in [5.41, 5.74) is 5.08. The summed E-state index contributed by atoms with van der Waals surface area (Å²) in [5.74, 6) is -1.00. The molecule has 0 aliphatic carbocycles. The Bertz CT molecular complexity index is 2190. The van der Waals surface area contributed by atoms with Crippen molar-refractivity contribution in [2.75, 3.05) is 84.3 Å². The van der Waals surface area contributed by atoms with Gasteiger partial charge in [0, 0.05) is 105 Å². The highest BCUT2D eigenvalue weighted by molar-refractivity contribution is 5.95. The number of amides is 2. The topological polar surface area (TPSA) is 152 Å². The van der Waals surface area contributed by atoms with Crippen LogP contribution in [-0.2, 0) is 46.2 Å². The van der Waals surface area contributed by atoms with Gasteiger partial charge >= 0.3 is 18.2 Å². The number of alkyl carbamates (subject to hydrolysis) is 1. The van der Waals surface area contributed by atoms with Crippen molar-refractivity contribution in [3.8, 4) is 0 Å². The number of aliphatic imine (C=N–C) groups is 1. The number of carbonyl (C=O) groups excluding carboxylic acids is 3. The first-order valence-electron chi connectivity index (χ1n) is 23.4. The van der Waals surface area contributed by atoms with Crippen LogP contribution >= 0.6 is 0 Å². The van der Waals surface area contributed by atoms with Gasteiger partial charge in [0.25, 0.3) is 5.91 Å². The van der Waals surface area contributed by atoms with Crippen LogP contribution in [0, 0.1) is 5.41 Å². The van der Waals surface area contributed by atoms with E-state index in [4.69, 9.17) is 28.7 Å². The van der Waals surface area contributed by atoms with E-state index in [0.29, 0.717) is 92.1 Å². The number of aromatic nitrogens is 1. The third-order valence-corrected chi connectivity index (χ3v) is 13.5. The number of benzene rings is 1. The van der Waals surface area contributed by atoms with Crippen LogP contribution in [0.15, 0.2) is 28.9 Å². The van der Waals surface area contributed by atoms with E-state index < -0.39 is 66.0 Å². The van der Waals surface area contributed by atoms with Gasteiger partial charge in [-0.05, 0) is 77.1 Å². The number of ether oxygens (including phenoxy) is 5. The van der Waals surface area contributed by atoms with Crippen molar-refractivity contribution in [3.05, 3.63) is 35.2 Å². The zero-order valence-corrected chi connectivity index (χ0v) is 39.4. The van der Waals surface area contributed by atoms with E-state index in [-0.39, 0.29) is 31.5 Å². The smallest absolute Gasteiger partial charge is 0.408 e. The molecule has 2 N–H and O–H groups in total. The van der Waals surface area contributed by atoms with Crippen molar-refractivity contribution in [1.82, 2.24) is 30.1 Å². The number of piperazine rings is 1. The number of nitrogens with zero attached hydrogens (tertiary/aromatic N) is 6. The fraction of sp³-hybridized carbons (Fsp3) is 0.702. The Balaban J connectivity index is 1.24. The number of esters is 1. The Morgan fingerprint density at radius 3 is 2.61 bits per heavy atom. The lowest BCUT2D eigenvalue weighted by Gasteiger charge is -2.46. The predicted molar refractivity (Wildman–Crippen MR) is 242 cm³/mol. The summed E-state index contributed by atoms with van der Waals surface area (Å²) >= 11 is 0. The lowest BCUT2D eigenvalue weighted by molar-refractivity contribution is -0.155. The average molecular weight is 929 g/mol. The molecule has 0 radical (unpaired) electrons. The van der Waals surface area contributed by atoms with Crippen LogP contribution in [-0.4, -0.2) is 171 Å². The molecule has 1 unspecified atom stereocenters. The van der Waals surface area contributed by atoms with Gasteiger partial charge in [-0.15, -0.1) is 0 Å². The zero-order valence-electron chi connectivity index (χ0n) is 39.4. The second kappa shape index (κ2) is 19.4. The molecule has 6 aliphatic heterocycles. The van der Waals surface area contributed by atoms with Crippen LogP contribution in [0.4, 0.5) is 23.7 Å². The highest BCUT2D eigenvalue weighted by Gasteiger charge is 2.41. The number of methoxy groups -OCH3 is 1. The van der Waals surface area contributed by atoms with E-state index in [1.54, 1.807) is 33.9 Å². The molecule has 2 aromatic rings. The molecule has 1 aromatic carbocycles. The predicted octanol–water partition coefficient (Wildman–Crippen LogP) is 4.92. The number of halogens is 3. The summed E-state index contributed by atoms with van der Waals surface area (Å²) < 4.78 is 76.1. The average Bonchev–Trinajstić information content (AvgIpc) is 3.55. The molecule has 2 amide bonds. The van der Waals surface area contributed by atoms with E-state index in [2.05, 4.69) is 25.4 Å². The molecule has 1 aromatic heterocycles. The lowest BCUT2D eigenvalue weighted by Crippen LogP contribution is -2.61. The van der Waals surface area contributed by atoms with Crippen molar-refractivity contribution in [2.24, 2.45) is 10.4 Å². The maximum Gasteiger partial charge on any atom is 0.408 e. The van der Waals surface area contributed by atoms with Crippen LogP contribution in [0.2, 0.25) is 0 Å². The van der Waals surface area contributed by atoms with Gasteiger partial charge in [-0.1, -0.05) is 13.8 Å². The van der Waals surface area contributed by atoms with E-state index in [9.17, 15) is 14.4 Å². The molecule has 0 saturated carbocycles. The Morgan fingerprint density at radius 1 is 1.06 bits per heavy atom. The van der Waals surface area contributed by atoms with Crippen LogP contribution in [0.5, 0.6) is 0 Å². The number of morpholine rings is 2. The molecule has 6 aliphatic rings. The molecular weight excluding hydrogens is 862 g/mol. The van der Waals surface area contributed by atoms with E-state index in [1.165, 1.54) is 9.58 Å². The van der Waals surface area contributed by atoms with Gasteiger partial charge in [-0.25, -0.2) is 10.2 Å². The van der Waals surface area contributed by atoms with E-state index in [0.717, 1.165) is 31.9 Å². The number of fused-ring (bicyclic) bond motifs is 7. The number of hydrazine groups is 1. The standard InChI is InChI=1S/C47H67F3N8O8/c1-29(62-7)40-35(20-31(23-51-40)55-14-13-54-15-17-63-26-32(54)24-55)41-36-22-46(5,6)28-65-43(60)37-9-8-12-58(53-37)42(59)38(52-44(61)66-45(2,3)4)21-33-25-56(16-18-64-33)30-10-11-39(34(36)19-30)57(41)27-47(48,49)50/h10-11,19,23,29,31-33,37-38,53H,8-9,12-18,20-22,24-28H2,1-7H3,(H,52,61)/t29-,31?,32-,33-,37-,38-/m0/s1. The first-order valence-corrected chi connectivity index (χ1v) is 23.4. The quantitative estimate of drug-likeness (QED) is 0.379. The monoisotopic (exact) mass is 929 g/mol. The first kappa shape index (κ1) is 48.2. The first-order chi connectivity index (χ1) is 31.3. The van der Waals surface area contributed by atoms with Gasteiger partial charge in [-0.2, -0.15) is 13.2 Å². The largest absolute Gasteiger partial charge is 0.464 e. The van der Waals surface area contributed by atoms with Crippen LogP contribution < -0.4 is 15.6 Å². The lowest BCUT2D eigenvalue weighted by atomic mass is 9.83. The second-order valence-electron chi connectivity index (χ2n) is 20.4. The number of rotatable bonds is 6. The SMILES string of the molecule is CO[C@@H](C)C1=C(c2c3c4cc(ccc4n2CC(F)(F)F)N2CCO[C@@H](C[C@H](NC(=O)OC(C)(C)C)C(=O)N4CCC[C@H](N4)C(=O)OCC(C)(C)C3)C2)CC(N2CCN3CCOC[C@@H]3C2)C=N1. The van der Waals surface area contributed by atoms with Gasteiger partial charge in [0.1, 0.15) is 24.2 Å². The molecule has 19 heteroatoms. The number of hydrogen-bond acceptors (Lipinski definition) is 13. The molecule has 6 bridgehead atoms. The summed E-state index contributed by atoms with van der Waals surface area (Å²) in [6.45, 7) is 15.7. The molecular formula is C47H67F3N8O8. The minimum absolute atomic E-state index is 0.0497. The van der Waals surface area contributed by atoms with E-state index in [1.807, 2.05) is 39.1 Å². The number of cyclic esters (lactones) is 1. The fourth-order valence-corrected chi connectivity index (χ4v) is 10.3. The van der Waals surface area contributed by atoms with Gasteiger partial charge in [-0.3, -0.25) is 29.4 Å². The maximum atomic E-state index is 15.0. The van der Waals surface area contributed by atoms with Crippen LogP contribution in [0.25, 0.3) is 16.5 Å². The fourth-order valence-electron chi connectivity index (χ4n) is 10.3. The van der Waals surface area contributed by atoms with Crippen molar-refractivity contribution in [1.29, 1.82) is 0 Å². The zero-order chi connectivity index (χ0) is 47.1. The van der Waals surface area contributed by atoms with Crippen molar-refractivity contribution in [3.63, 3.8) is 0 Å². The van der Waals surface area contributed by atoms with Gasteiger partial charge < -0.3 is 38.5 Å². The summed E-state index contributed by atoms with van der Waals surface area (Å²) in [5, 5.41) is 4.79. The third-order valence-electron chi connectivity index (χ3n) is 13.5. The minimum atomic E-state index is -4.57. The van der Waals surface area contributed by atoms with Gasteiger partial charge in [0.2, 0.25) is 0 Å². The second-order valence-corrected chi connectivity index (χ2v) is 20.4. The molecule has 4 fully saturated rings. The maximum absolute atomic E-state index is 15.0. The van der Waals surface area contributed by atoms with Crippen molar-refractivity contribution in [2.45, 2.75) is 128 Å². The molecule has 16 nitrogen and oxygen atoms in total. The molecule has 66 heavy (non-hydrogen) atoms. The van der Waals surface area contributed by atoms with E-state index >= 15 is 13.2 Å². The van der Waals surface area contributed by atoms with Crippen molar-refractivity contribution >= 4 is 46.3 Å². The number of alkyl halides is 3. The Morgan fingerprint density at radius 2 is 1.85 bits per heavy atom. The molecule has 8 rings (SSSR count). The highest BCUT2D eigenvalue weighted by atomic mass is 19.4.